The molecule has 1 atom stereocenters. The second-order valence-corrected chi connectivity index (χ2v) is 4.38. The van der Waals surface area contributed by atoms with Crippen molar-refractivity contribution >= 4 is 23.2 Å². The van der Waals surface area contributed by atoms with Gasteiger partial charge in [0.1, 0.15) is 0 Å². The first kappa shape index (κ1) is 15.2. The van der Waals surface area contributed by atoms with E-state index in [0.29, 0.717) is 24.2 Å². The SMILES string of the molecule is CCC(=O)Nc1cccc(NC(=O)[C@H](N)CC)c1C. The summed E-state index contributed by atoms with van der Waals surface area (Å²) in [4.78, 5) is 23.2. The van der Waals surface area contributed by atoms with Crippen LogP contribution in [0.1, 0.15) is 32.3 Å². The smallest absolute Gasteiger partial charge is 0.241 e. The zero-order valence-corrected chi connectivity index (χ0v) is 11.6. The van der Waals surface area contributed by atoms with Crippen molar-refractivity contribution in [3.8, 4) is 0 Å². The normalized spacial score (nSPS) is 11.8. The Kier molecular flexibility index (Phi) is 5.51. The molecule has 0 spiro atoms. The molecule has 1 aromatic rings. The predicted octanol–water partition coefficient (Wildman–Crippen LogP) is 2.02. The number of amides is 2. The molecular formula is C14H21N3O2. The van der Waals surface area contributed by atoms with Crippen molar-refractivity contribution < 1.29 is 9.59 Å². The van der Waals surface area contributed by atoms with Crippen LogP contribution in [0.15, 0.2) is 18.2 Å². The van der Waals surface area contributed by atoms with E-state index in [9.17, 15) is 9.59 Å². The van der Waals surface area contributed by atoms with Gasteiger partial charge in [0, 0.05) is 17.8 Å². The highest BCUT2D eigenvalue weighted by Gasteiger charge is 2.13. The number of carbonyl (C=O) groups is 2. The van der Waals surface area contributed by atoms with E-state index in [-0.39, 0.29) is 11.8 Å². The lowest BCUT2D eigenvalue weighted by atomic mass is 10.1. The molecule has 0 saturated carbocycles. The van der Waals surface area contributed by atoms with E-state index < -0.39 is 6.04 Å². The zero-order chi connectivity index (χ0) is 14.4. The molecule has 0 saturated heterocycles. The highest BCUT2D eigenvalue weighted by Crippen LogP contribution is 2.23. The van der Waals surface area contributed by atoms with Crippen LogP contribution in [0.5, 0.6) is 0 Å². The van der Waals surface area contributed by atoms with E-state index in [4.69, 9.17) is 5.73 Å². The number of hydrogen-bond donors (Lipinski definition) is 3. The highest BCUT2D eigenvalue weighted by molar-refractivity contribution is 5.97. The van der Waals surface area contributed by atoms with Gasteiger partial charge in [-0.05, 0) is 31.0 Å². The Morgan fingerprint density at radius 1 is 1.21 bits per heavy atom. The lowest BCUT2D eigenvalue weighted by molar-refractivity contribution is -0.117. The number of nitrogens with one attached hydrogen (secondary N) is 2. The number of carbonyl (C=O) groups excluding carboxylic acids is 2. The third-order valence-electron chi connectivity index (χ3n) is 2.96. The van der Waals surface area contributed by atoms with Crippen LogP contribution in [0.2, 0.25) is 0 Å². The standard InChI is InChI=1S/C14H21N3O2/c1-4-10(15)14(19)17-12-8-6-7-11(9(12)3)16-13(18)5-2/h6-8,10H,4-5,15H2,1-3H3,(H,16,18)(H,17,19)/t10-/m1/s1. The highest BCUT2D eigenvalue weighted by atomic mass is 16.2. The topological polar surface area (TPSA) is 84.2 Å². The van der Waals surface area contributed by atoms with E-state index >= 15 is 0 Å². The van der Waals surface area contributed by atoms with Crippen molar-refractivity contribution in [2.75, 3.05) is 10.6 Å². The van der Waals surface area contributed by atoms with Gasteiger partial charge in [0.05, 0.1) is 6.04 Å². The molecule has 19 heavy (non-hydrogen) atoms. The van der Waals surface area contributed by atoms with Crippen molar-refractivity contribution in [2.45, 2.75) is 39.7 Å². The van der Waals surface area contributed by atoms with Crippen LogP contribution in [0.3, 0.4) is 0 Å². The summed E-state index contributed by atoms with van der Waals surface area (Å²) < 4.78 is 0. The fourth-order valence-electron chi connectivity index (χ4n) is 1.56. The van der Waals surface area contributed by atoms with E-state index in [2.05, 4.69) is 10.6 Å². The molecule has 0 unspecified atom stereocenters. The molecular weight excluding hydrogens is 242 g/mol. The van der Waals surface area contributed by atoms with Crippen LogP contribution in [0, 0.1) is 6.92 Å². The monoisotopic (exact) mass is 263 g/mol. The fourth-order valence-corrected chi connectivity index (χ4v) is 1.56. The number of nitrogens with two attached hydrogens (primary N) is 1. The fraction of sp³-hybridized carbons (Fsp3) is 0.429. The Morgan fingerprint density at radius 3 is 2.32 bits per heavy atom. The lowest BCUT2D eigenvalue weighted by Crippen LogP contribution is -2.35. The van der Waals surface area contributed by atoms with Gasteiger partial charge < -0.3 is 16.4 Å². The summed E-state index contributed by atoms with van der Waals surface area (Å²) in [7, 11) is 0. The Bertz CT molecular complexity index is 472. The molecule has 5 nitrogen and oxygen atoms in total. The maximum atomic E-state index is 11.8. The van der Waals surface area contributed by atoms with Crippen LogP contribution in [-0.4, -0.2) is 17.9 Å². The van der Waals surface area contributed by atoms with Crippen molar-refractivity contribution in [1.82, 2.24) is 0 Å². The maximum absolute atomic E-state index is 11.8. The van der Waals surface area contributed by atoms with Crippen LogP contribution < -0.4 is 16.4 Å². The molecule has 2 amide bonds. The average Bonchev–Trinajstić information content (AvgIpc) is 2.41. The Hall–Kier alpha value is -1.88. The largest absolute Gasteiger partial charge is 0.326 e. The second kappa shape index (κ2) is 6.89. The molecule has 0 fully saturated rings. The molecule has 0 aliphatic heterocycles. The minimum Gasteiger partial charge on any atom is -0.326 e. The quantitative estimate of drug-likeness (QED) is 0.759. The third kappa shape index (κ3) is 4.06. The Labute approximate surface area is 113 Å². The molecule has 0 bridgehead atoms. The predicted molar refractivity (Wildman–Crippen MR) is 77.0 cm³/mol. The van der Waals surface area contributed by atoms with Crippen molar-refractivity contribution in [3.63, 3.8) is 0 Å². The Balaban J connectivity index is 2.88. The first-order valence-electron chi connectivity index (χ1n) is 6.45. The van der Waals surface area contributed by atoms with Gasteiger partial charge in [-0.2, -0.15) is 0 Å². The minimum absolute atomic E-state index is 0.0585. The van der Waals surface area contributed by atoms with Gasteiger partial charge in [0.2, 0.25) is 11.8 Å². The molecule has 1 rings (SSSR count). The summed E-state index contributed by atoms with van der Waals surface area (Å²) in [6, 6.07) is 4.86. The van der Waals surface area contributed by atoms with Gasteiger partial charge in [-0.25, -0.2) is 0 Å². The first-order chi connectivity index (χ1) is 8.99. The van der Waals surface area contributed by atoms with Crippen LogP contribution in [0.25, 0.3) is 0 Å². The summed E-state index contributed by atoms with van der Waals surface area (Å²) in [5, 5.41) is 5.57. The number of hydrogen-bond acceptors (Lipinski definition) is 3. The van der Waals surface area contributed by atoms with E-state index in [1.807, 2.05) is 13.8 Å². The molecule has 1 aromatic carbocycles. The Morgan fingerprint density at radius 2 is 1.79 bits per heavy atom. The van der Waals surface area contributed by atoms with Crippen molar-refractivity contribution in [2.24, 2.45) is 5.73 Å². The van der Waals surface area contributed by atoms with Crippen molar-refractivity contribution in [3.05, 3.63) is 23.8 Å². The van der Waals surface area contributed by atoms with Crippen LogP contribution in [-0.2, 0) is 9.59 Å². The van der Waals surface area contributed by atoms with Gasteiger partial charge in [0.25, 0.3) is 0 Å². The van der Waals surface area contributed by atoms with E-state index in [1.54, 1.807) is 25.1 Å². The molecule has 0 heterocycles. The molecule has 0 aliphatic carbocycles. The maximum Gasteiger partial charge on any atom is 0.241 e. The van der Waals surface area contributed by atoms with Crippen LogP contribution >= 0.6 is 0 Å². The first-order valence-corrected chi connectivity index (χ1v) is 6.45. The summed E-state index contributed by atoms with van der Waals surface area (Å²) in [5.41, 5.74) is 7.87. The minimum atomic E-state index is -0.520. The molecule has 104 valence electrons. The summed E-state index contributed by atoms with van der Waals surface area (Å²) in [6.45, 7) is 5.49. The molecule has 0 radical (unpaired) electrons. The van der Waals surface area contributed by atoms with Gasteiger partial charge in [-0.1, -0.05) is 19.9 Å². The second-order valence-electron chi connectivity index (χ2n) is 4.38. The molecule has 5 heteroatoms. The van der Waals surface area contributed by atoms with E-state index in [0.717, 1.165) is 5.56 Å². The number of benzene rings is 1. The number of rotatable bonds is 5. The molecule has 4 N–H and O–H groups in total. The van der Waals surface area contributed by atoms with Crippen LogP contribution in [0.4, 0.5) is 11.4 Å². The summed E-state index contributed by atoms with van der Waals surface area (Å²) in [6.07, 6.45) is 0.994. The molecule has 0 aromatic heterocycles. The number of anilines is 2. The summed E-state index contributed by atoms with van der Waals surface area (Å²) >= 11 is 0. The molecule has 0 aliphatic rings. The van der Waals surface area contributed by atoms with Gasteiger partial charge in [-0.15, -0.1) is 0 Å². The van der Waals surface area contributed by atoms with Gasteiger partial charge in [-0.3, -0.25) is 9.59 Å². The summed E-state index contributed by atoms with van der Waals surface area (Å²) in [5.74, 6) is -0.276. The third-order valence-corrected chi connectivity index (χ3v) is 2.96. The van der Waals surface area contributed by atoms with Gasteiger partial charge in [0.15, 0.2) is 0 Å². The van der Waals surface area contributed by atoms with Crippen molar-refractivity contribution in [1.29, 1.82) is 0 Å². The van der Waals surface area contributed by atoms with Gasteiger partial charge >= 0.3 is 0 Å². The lowest BCUT2D eigenvalue weighted by Gasteiger charge is -2.15. The van der Waals surface area contributed by atoms with E-state index in [1.165, 1.54) is 0 Å². The zero-order valence-electron chi connectivity index (χ0n) is 11.6. The average molecular weight is 263 g/mol.